The van der Waals surface area contributed by atoms with Gasteiger partial charge in [0.2, 0.25) is 0 Å². The van der Waals surface area contributed by atoms with Gasteiger partial charge in [-0.05, 0) is 25.0 Å². The first-order chi connectivity index (χ1) is 11.4. The van der Waals surface area contributed by atoms with Crippen LogP contribution in [0.3, 0.4) is 0 Å². The van der Waals surface area contributed by atoms with E-state index >= 15 is 0 Å². The highest BCUT2D eigenvalue weighted by Gasteiger charge is 2.13. The second-order valence-corrected chi connectivity index (χ2v) is 6.24. The Morgan fingerprint density at radius 2 is 2.04 bits per heavy atom. The Labute approximate surface area is 135 Å². The van der Waals surface area contributed by atoms with E-state index in [-0.39, 0.29) is 0 Å². The van der Waals surface area contributed by atoms with Crippen molar-refractivity contribution in [3.8, 4) is 5.69 Å². The van der Waals surface area contributed by atoms with Gasteiger partial charge in [-0.1, -0.05) is 36.6 Å². The van der Waals surface area contributed by atoms with E-state index in [1.807, 2.05) is 35.4 Å². The SMILES string of the molecule is c1cc(-n2cc(CNC3CCCCC3)nn2)c2ccncc2c1. The van der Waals surface area contributed by atoms with Gasteiger partial charge in [0.05, 0.1) is 17.6 Å². The fourth-order valence-electron chi connectivity index (χ4n) is 3.36. The molecular formula is C18H21N5. The number of nitrogens with one attached hydrogen (secondary N) is 1. The van der Waals surface area contributed by atoms with Gasteiger partial charge in [0.1, 0.15) is 0 Å². The van der Waals surface area contributed by atoms with Gasteiger partial charge in [0, 0.05) is 35.8 Å². The van der Waals surface area contributed by atoms with Crippen molar-refractivity contribution >= 4 is 10.8 Å². The predicted molar refractivity (Wildman–Crippen MR) is 90.4 cm³/mol. The number of hydrogen-bond acceptors (Lipinski definition) is 4. The van der Waals surface area contributed by atoms with E-state index < -0.39 is 0 Å². The van der Waals surface area contributed by atoms with Crippen LogP contribution in [0.15, 0.2) is 42.9 Å². The fourth-order valence-corrected chi connectivity index (χ4v) is 3.36. The Morgan fingerprint density at radius 3 is 2.96 bits per heavy atom. The molecule has 0 saturated heterocycles. The van der Waals surface area contributed by atoms with E-state index in [2.05, 4.69) is 32.7 Å². The predicted octanol–water partition coefficient (Wildman–Crippen LogP) is 3.24. The molecule has 118 valence electrons. The molecule has 3 aromatic rings. The van der Waals surface area contributed by atoms with Crippen molar-refractivity contribution in [2.24, 2.45) is 0 Å². The summed E-state index contributed by atoms with van der Waals surface area (Å²) in [5, 5.41) is 14.5. The summed E-state index contributed by atoms with van der Waals surface area (Å²) in [6.07, 6.45) is 12.3. The fraction of sp³-hybridized carbons (Fsp3) is 0.389. The maximum atomic E-state index is 4.32. The van der Waals surface area contributed by atoms with Crippen molar-refractivity contribution < 1.29 is 0 Å². The summed E-state index contributed by atoms with van der Waals surface area (Å²) in [5.41, 5.74) is 2.03. The van der Waals surface area contributed by atoms with E-state index in [4.69, 9.17) is 0 Å². The molecule has 0 spiro atoms. The van der Waals surface area contributed by atoms with Gasteiger partial charge < -0.3 is 5.32 Å². The molecule has 4 rings (SSSR count). The summed E-state index contributed by atoms with van der Waals surface area (Å²) < 4.78 is 1.86. The van der Waals surface area contributed by atoms with Gasteiger partial charge >= 0.3 is 0 Å². The zero-order valence-electron chi connectivity index (χ0n) is 13.2. The highest BCUT2D eigenvalue weighted by atomic mass is 15.4. The smallest absolute Gasteiger partial charge is 0.0969 e. The van der Waals surface area contributed by atoms with E-state index in [9.17, 15) is 0 Å². The minimum Gasteiger partial charge on any atom is -0.308 e. The molecule has 2 aromatic heterocycles. The second-order valence-electron chi connectivity index (χ2n) is 6.24. The lowest BCUT2D eigenvalue weighted by molar-refractivity contribution is 0.371. The van der Waals surface area contributed by atoms with Crippen LogP contribution in [0.25, 0.3) is 16.5 Å². The average molecular weight is 307 g/mol. The highest BCUT2D eigenvalue weighted by molar-refractivity contribution is 5.89. The van der Waals surface area contributed by atoms with Crippen LogP contribution in [0.4, 0.5) is 0 Å². The third kappa shape index (κ3) is 3.10. The molecule has 0 radical (unpaired) electrons. The molecule has 1 aliphatic carbocycles. The highest BCUT2D eigenvalue weighted by Crippen LogP contribution is 2.21. The Bertz CT molecular complexity index is 783. The quantitative estimate of drug-likeness (QED) is 0.804. The maximum Gasteiger partial charge on any atom is 0.0969 e. The van der Waals surface area contributed by atoms with Crippen LogP contribution in [0, 0.1) is 0 Å². The molecule has 2 heterocycles. The van der Waals surface area contributed by atoms with Gasteiger partial charge in [-0.2, -0.15) is 0 Å². The Balaban J connectivity index is 1.52. The molecule has 0 aliphatic heterocycles. The molecule has 1 aromatic carbocycles. The van der Waals surface area contributed by atoms with Crippen LogP contribution in [0.1, 0.15) is 37.8 Å². The van der Waals surface area contributed by atoms with Crippen molar-refractivity contribution in [3.05, 3.63) is 48.5 Å². The number of benzene rings is 1. The maximum absolute atomic E-state index is 4.32. The normalized spacial score (nSPS) is 16.0. The molecule has 0 unspecified atom stereocenters. The Kier molecular flexibility index (Phi) is 4.03. The Morgan fingerprint density at radius 1 is 1.13 bits per heavy atom. The van der Waals surface area contributed by atoms with Crippen molar-refractivity contribution in [2.45, 2.75) is 44.7 Å². The molecular weight excluding hydrogens is 286 g/mol. The van der Waals surface area contributed by atoms with Crippen molar-refractivity contribution in [3.63, 3.8) is 0 Å². The monoisotopic (exact) mass is 307 g/mol. The molecule has 0 atom stereocenters. The number of fused-ring (bicyclic) bond motifs is 1. The lowest BCUT2D eigenvalue weighted by Crippen LogP contribution is -2.30. The van der Waals surface area contributed by atoms with E-state index in [0.29, 0.717) is 6.04 Å². The van der Waals surface area contributed by atoms with E-state index in [1.165, 1.54) is 32.1 Å². The number of nitrogens with zero attached hydrogens (tertiary/aromatic N) is 4. The zero-order valence-corrected chi connectivity index (χ0v) is 13.2. The summed E-state index contributed by atoms with van der Waals surface area (Å²) in [6, 6.07) is 8.81. The third-order valence-electron chi connectivity index (χ3n) is 4.62. The van der Waals surface area contributed by atoms with Gasteiger partial charge in [-0.25, -0.2) is 4.68 Å². The second kappa shape index (κ2) is 6.46. The first kappa shape index (κ1) is 14.3. The van der Waals surface area contributed by atoms with Crippen LogP contribution in [-0.4, -0.2) is 26.0 Å². The number of rotatable bonds is 4. The molecule has 0 bridgehead atoms. The molecule has 0 amide bonds. The number of aromatic nitrogens is 4. The summed E-state index contributed by atoms with van der Waals surface area (Å²) >= 11 is 0. The van der Waals surface area contributed by atoms with E-state index in [0.717, 1.165) is 28.7 Å². The molecule has 1 fully saturated rings. The lowest BCUT2D eigenvalue weighted by Gasteiger charge is -2.22. The summed E-state index contributed by atoms with van der Waals surface area (Å²) in [4.78, 5) is 4.18. The molecule has 1 saturated carbocycles. The first-order valence-electron chi connectivity index (χ1n) is 8.38. The van der Waals surface area contributed by atoms with Crippen molar-refractivity contribution in [1.29, 1.82) is 0 Å². The lowest BCUT2D eigenvalue weighted by atomic mass is 9.95. The van der Waals surface area contributed by atoms with Crippen LogP contribution in [0.2, 0.25) is 0 Å². The molecule has 1 aliphatic rings. The third-order valence-corrected chi connectivity index (χ3v) is 4.62. The summed E-state index contributed by atoms with van der Waals surface area (Å²) in [5.74, 6) is 0. The number of hydrogen-bond donors (Lipinski definition) is 1. The van der Waals surface area contributed by atoms with Gasteiger partial charge in [0.25, 0.3) is 0 Å². The largest absolute Gasteiger partial charge is 0.308 e. The minimum atomic E-state index is 0.637. The van der Waals surface area contributed by atoms with Crippen molar-refractivity contribution in [1.82, 2.24) is 25.3 Å². The van der Waals surface area contributed by atoms with Crippen molar-refractivity contribution in [2.75, 3.05) is 0 Å². The average Bonchev–Trinajstić information content (AvgIpc) is 3.09. The van der Waals surface area contributed by atoms with Gasteiger partial charge in [0.15, 0.2) is 0 Å². The van der Waals surface area contributed by atoms with Crippen LogP contribution in [0.5, 0.6) is 0 Å². The standard InChI is InChI=1S/C18H21N5/c1-2-6-15(7-3-1)20-12-16-13-23(22-21-16)18-8-4-5-14-11-19-10-9-17(14)18/h4-5,8-11,13,15,20H,1-3,6-7,12H2. The zero-order chi connectivity index (χ0) is 15.5. The summed E-state index contributed by atoms with van der Waals surface area (Å²) in [7, 11) is 0. The Hall–Kier alpha value is -2.27. The number of pyridine rings is 1. The first-order valence-corrected chi connectivity index (χ1v) is 8.38. The molecule has 23 heavy (non-hydrogen) atoms. The molecule has 1 N–H and O–H groups in total. The topological polar surface area (TPSA) is 55.6 Å². The van der Waals surface area contributed by atoms with Crippen LogP contribution < -0.4 is 5.32 Å². The van der Waals surface area contributed by atoms with Crippen LogP contribution in [-0.2, 0) is 6.54 Å². The molecule has 5 heteroatoms. The van der Waals surface area contributed by atoms with Gasteiger partial charge in [-0.3, -0.25) is 4.98 Å². The molecule has 5 nitrogen and oxygen atoms in total. The minimum absolute atomic E-state index is 0.637. The van der Waals surface area contributed by atoms with Gasteiger partial charge in [-0.15, -0.1) is 5.10 Å². The van der Waals surface area contributed by atoms with Crippen LogP contribution >= 0.6 is 0 Å². The summed E-state index contributed by atoms with van der Waals surface area (Å²) in [6.45, 7) is 0.789. The van der Waals surface area contributed by atoms with E-state index in [1.54, 1.807) is 0 Å².